The first kappa shape index (κ1) is 7.03. The number of aliphatic hydroxyl groups is 1. The molecule has 1 aliphatic heterocycles. The van der Waals surface area contributed by atoms with Gasteiger partial charge in [0.05, 0.1) is 12.2 Å². The first-order valence-electron chi connectivity index (χ1n) is 3.64. The van der Waals surface area contributed by atoms with Crippen LogP contribution in [0.25, 0.3) is 0 Å². The van der Waals surface area contributed by atoms with Crippen molar-refractivity contribution in [1.29, 1.82) is 0 Å². The average Bonchev–Trinajstić information content (AvgIpc) is 2.37. The molecule has 2 unspecified atom stereocenters. The molecule has 0 amide bonds. The molecule has 1 aliphatic rings. The minimum Gasteiger partial charge on any atom is -0.390 e. The molecule has 1 N–H and O–H groups in total. The van der Waals surface area contributed by atoms with Crippen LogP contribution < -0.4 is 0 Å². The highest BCUT2D eigenvalue weighted by atomic mass is 16.5. The lowest BCUT2D eigenvalue weighted by molar-refractivity contribution is -0.00279. The van der Waals surface area contributed by atoms with Crippen molar-refractivity contribution >= 4 is 0 Å². The smallest absolute Gasteiger partial charge is 0.0834 e. The van der Waals surface area contributed by atoms with Gasteiger partial charge in [-0.25, -0.2) is 0 Å². The molecule has 1 rings (SSSR count). The van der Waals surface area contributed by atoms with E-state index in [1.807, 2.05) is 6.92 Å². The molecular weight excluding hydrogens is 116 g/mol. The van der Waals surface area contributed by atoms with Gasteiger partial charge in [0.2, 0.25) is 0 Å². The van der Waals surface area contributed by atoms with Crippen molar-refractivity contribution in [3.05, 3.63) is 0 Å². The molecule has 0 aromatic heterocycles. The molecule has 9 heavy (non-hydrogen) atoms. The van der Waals surface area contributed by atoms with Crippen LogP contribution in [-0.4, -0.2) is 23.9 Å². The van der Waals surface area contributed by atoms with Crippen LogP contribution >= 0.6 is 0 Å². The third kappa shape index (κ3) is 1.66. The molecule has 0 saturated carbocycles. The van der Waals surface area contributed by atoms with Crippen LogP contribution in [0.1, 0.15) is 26.2 Å². The summed E-state index contributed by atoms with van der Waals surface area (Å²) >= 11 is 0. The average molecular weight is 130 g/mol. The maximum Gasteiger partial charge on any atom is 0.0834 e. The van der Waals surface area contributed by atoms with E-state index in [9.17, 15) is 5.11 Å². The molecule has 0 aromatic rings. The zero-order chi connectivity index (χ0) is 6.69. The lowest BCUT2D eigenvalue weighted by atomic mass is 10.1. The zero-order valence-corrected chi connectivity index (χ0v) is 5.84. The predicted octanol–water partition coefficient (Wildman–Crippen LogP) is 0.936. The molecule has 0 radical (unpaired) electrons. The van der Waals surface area contributed by atoms with Crippen LogP contribution in [0.2, 0.25) is 0 Å². The van der Waals surface area contributed by atoms with Crippen molar-refractivity contribution in [1.82, 2.24) is 0 Å². The molecule has 54 valence electrons. The fourth-order valence-corrected chi connectivity index (χ4v) is 1.17. The summed E-state index contributed by atoms with van der Waals surface area (Å²) in [6.07, 6.45) is 2.86. The van der Waals surface area contributed by atoms with E-state index in [-0.39, 0.29) is 12.2 Å². The van der Waals surface area contributed by atoms with Crippen LogP contribution in [0.3, 0.4) is 0 Å². The van der Waals surface area contributed by atoms with Gasteiger partial charge in [-0.1, -0.05) is 6.92 Å². The second-order valence-corrected chi connectivity index (χ2v) is 2.53. The Morgan fingerprint density at radius 2 is 2.56 bits per heavy atom. The molecule has 1 heterocycles. The van der Waals surface area contributed by atoms with Crippen LogP contribution in [0.15, 0.2) is 0 Å². The molecule has 0 bridgehead atoms. The van der Waals surface area contributed by atoms with Crippen molar-refractivity contribution in [2.24, 2.45) is 0 Å². The van der Waals surface area contributed by atoms with E-state index in [0.29, 0.717) is 0 Å². The van der Waals surface area contributed by atoms with E-state index in [2.05, 4.69) is 0 Å². The maximum atomic E-state index is 9.23. The van der Waals surface area contributed by atoms with Crippen LogP contribution in [-0.2, 0) is 4.74 Å². The summed E-state index contributed by atoms with van der Waals surface area (Å²) in [7, 11) is 0. The van der Waals surface area contributed by atoms with Crippen molar-refractivity contribution < 1.29 is 9.84 Å². The van der Waals surface area contributed by atoms with Crippen molar-refractivity contribution in [3.8, 4) is 0 Å². The Morgan fingerprint density at radius 3 is 3.00 bits per heavy atom. The minimum absolute atomic E-state index is 0.134. The number of hydrogen-bond donors (Lipinski definition) is 1. The van der Waals surface area contributed by atoms with Gasteiger partial charge >= 0.3 is 0 Å². The van der Waals surface area contributed by atoms with E-state index in [1.54, 1.807) is 0 Å². The van der Waals surface area contributed by atoms with Gasteiger partial charge in [-0.3, -0.25) is 0 Å². The van der Waals surface area contributed by atoms with Crippen LogP contribution in [0.4, 0.5) is 0 Å². The lowest BCUT2D eigenvalue weighted by Gasteiger charge is -2.14. The molecule has 0 aliphatic carbocycles. The molecule has 1 saturated heterocycles. The van der Waals surface area contributed by atoms with Gasteiger partial charge in [-0.15, -0.1) is 0 Å². The number of ether oxygens (including phenoxy) is 1. The van der Waals surface area contributed by atoms with Gasteiger partial charge in [-0.2, -0.15) is 0 Å². The Kier molecular flexibility index (Phi) is 2.49. The van der Waals surface area contributed by atoms with Crippen LogP contribution in [0.5, 0.6) is 0 Å². The van der Waals surface area contributed by atoms with Gasteiger partial charge in [0.25, 0.3) is 0 Å². The predicted molar refractivity (Wildman–Crippen MR) is 35.3 cm³/mol. The summed E-state index contributed by atoms with van der Waals surface area (Å²) < 4.78 is 5.26. The highest BCUT2D eigenvalue weighted by molar-refractivity contribution is 4.71. The van der Waals surface area contributed by atoms with E-state index in [4.69, 9.17) is 4.74 Å². The maximum absolute atomic E-state index is 9.23. The van der Waals surface area contributed by atoms with Gasteiger partial charge in [0.15, 0.2) is 0 Å². The molecule has 2 nitrogen and oxygen atoms in total. The molecular formula is C7H14O2. The minimum atomic E-state index is -0.229. The molecule has 0 aromatic carbocycles. The largest absolute Gasteiger partial charge is 0.390 e. The summed E-state index contributed by atoms with van der Waals surface area (Å²) in [6.45, 7) is 2.81. The monoisotopic (exact) mass is 130 g/mol. The number of aliphatic hydroxyl groups excluding tert-OH is 1. The summed E-state index contributed by atoms with van der Waals surface area (Å²) in [5, 5.41) is 9.23. The normalized spacial score (nSPS) is 30.7. The Balaban J connectivity index is 2.24. The molecule has 0 spiro atoms. The first-order chi connectivity index (χ1) is 4.34. The number of rotatable bonds is 2. The fourth-order valence-electron chi connectivity index (χ4n) is 1.17. The topological polar surface area (TPSA) is 29.5 Å². The van der Waals surface area contributed by atoms with E-state index < -0.39 is 0 Å². The lowest BCUT2D eigenvalue weighted by Crippen LogP contribution is -2.23. The van der Waals surface area contributed by atoms with Gasteiger partial charge in [0, 0.05) is 6.61 Å². The van der Waals surface area contributed by atoms with Crippen molar-refractivity contribution in [2.45, 2.75) is 38.4 Å². The molecule has 1 fully saturated rings. The van der Waals surface area contributed by atoms with Crippen molar-refractivity contribution in [2.75, 3.05) is 6.61 Å². The molecule has 2 heteroatoms. The van der Waals surface area contributed by atoms with Gasteiger partial charge in [0.1, 0.15) is 0 Å². The third-order valence-electron chi connectivity index (χ3n) is 1.81. The second-order valence-electron chi connectivity index (χ2n) is 2.53. The van der Waals surface area contributed by atoms with E-state index in [1.165, 1.54) is 0 Å². The highest BCUT2D eigenvalue weighted by Gasteiger charge is 2.21. The Morgan fingerprint density at radius 1 is 1.78 bits per heavy atom. The summed E-state index contributed by atoms with van der Waals surface area (Å²) in [5.41, 5.74) is 0. The second kappa shape index (κ2) is 3.18. The van der Waals surface area contributed by atoms with Gasteiger partial charge in [-0.05, 0) is 19.3 Å². The quantitative estimate of drug-likeness (QED) is 0.602. The summed E-state index contributed by atoms with van der Waals surface area (Å²) in [5.74, 6) is 0. The first-order valence-corrected chi connectivity index (χ1v) is 3.64. The Labute approximate surface area is 55.8 Å². The molecule has 2 atom stereocenters. The Bertz CT molecular complexity index is 77.0. The summed E-state index contributed by atoms with van der Waals surface area (Å²) in [6, 6.07) is 0. The van der Waals surface area contributed by atoms with Crippen molar-refractivity contribution in [3.63, 3.8) is 0 Å². The van der Waals surface area contributed by atoms with Gasteiger partial charge < -0.3 is 9.84 Å². The zero-order valence-electron chi connectivity index (χ0n) is 5.84. The third-order valence-corrected chi connectivity index (χ3v) is 1.81. The summed E-state index contributed by atoms with van der Waals surface area (Å²) in [4.78, 5) is 0. The highest BCUT2D eigenvalue weighted by Crippen LogP contribution is 2.16. The van der Waals surface area contributed by atoms with E-state index >= 15 is 0 Å². The SMILES string of the molecule is CCC(O)C1CCCO1. The Hall–Kier alpha value is -0.0800. The van der Waals surface area contributed by atoms with E-state index in [0.717, 1.165) is 25.9 Å². The van der Waals surface area contributed by atoms with Crippen LogP contribution in [0, 0.1) is 0 Å². The standard InChI is InChI=1S/C7H14O2/c1-2-6(8)7-4-3-5-9-7/h6-8H,2-5H2,1H3. The number of hydrogen-bond acceptors (Lipinski definition) is 2. The fraction of sp³-hybridized carbons (Fsp3) is 1.00.